The van der Waals surface area contributed by atoms with Crippen molar-refractivity contribution in [1.82, 2.24) is 10.2 Å². The van der Waals surface area contributed by atoms with Gasteiger partial charge in [-0.05, 0) is 37.1 Å². The number of nitrogens with zero attached hydrogens (tertiary/aromatic N) is 3. The maximum atomic E-state index is 13.1. The largest absolute Gasteiger partial charge is 0.299 e. The van der Waals surface area contributed by atoms with Gasteiger partial charge in [0.2, 0.25) is 21.1 Å². The molecule has 0 saturated heterocycles. The van der Waals surface area contributed by atoms with Crippen LogP contribution in [-0.4, -0.2) is 42.6 Å². The van der Waals surface area contributed by atoms with Crippen LogP contribution in [0.4, 0.5) is 15.2 Å². The van der Waals surface area contributed by atoms with Crippen molar-refractivity contribution in [2.75, 3.05) is 21.6 Å². The van der Waals surface area contributed by atoms with Gasteiger partial charge in [-0.2, -0.15) is 0 Å². The Morgan fingerprint density at radius 1 is 1.26 bits per heavy atom. The maximum Gasteiger partial charge on any atom is 0.249 e. The lowest BCUT2D eigenvalue weighted by molar-refractivity contribution is -0.116. The number of aromatic nitrogens is 2. The fraction of sp³-hybridized carbons (Fsp3) is 0.438. The molecule has 2 rings (SSSR count). The molecule has 148 valence electrons. The molecule has 1 atom stereocenters. The molecule has 1 heterocycles. The van der Waals surface area contributed by atoms with E-state index in [1.54, 1.807) is 11.8 Å². The topological polar surface area (TPSA) is 92.3 Å². The number of sulfonamides is 1. The lowest BCUT2D eigenvalue weighted by Gasteiger charge is -2.27. The summed E-state index contributed by atoms with van der Waals surface area (Å²) < 4.78 is 39.2. The van der Waals surface area contributed by atoms with Gasteiger partial charge in [0.1, 0.15) is 11.9 Å². The summed E-state index contributed by atoms with van der Waals surface area (Å²) in [4.78, 5) is 12.6. The van der Waals surface area contributed by atoms with Gasteiger partial charge < -0.3 is 0 Å². The van der Waals surface area contributed by atoms with E-state index in [0.717, 1.165) is 32.8 Å². The van der Waals surface area contributed by atoms with E-state index >= 15 is 0 Å². The highest BCUT2D eigenvalue weighted by Crippen LogP contribution is 2.27. The molecule has 0 unspecified atom stereocenters. The first-order valence-corrected chi connectivity index (χ1v) is 11.7. The quantitative estimate of drug-likeness (QED) is 0.509. The zero-order valence-corrected chi connectivity index (χ0v) is 17.8. The number of carbonyl (C=O) groups is 1. The molecule has 0 spiro atoms. The van der Waals surface area contributed by atoms with Gasteiger partial charge in [-0.15, -0.1) is 10.2 Å². The van der Waals surface area contributed by atoms with Crippen molar-refractivity contribution < 1.29 is 17.6 Å². The first-order chi connectivity index (χ1) is 12.6. The van der Waals surface area contributed by atoms with Crippen LogP contribution in [0, 0.1) is 11.7 Å². The second-order valence-corrected chi connectivity index (χ2v) is 10.4. The molecule has 11 heteroatoms. The van der Waals surface area contributed by atoms with Crippen molar-refractivity contribution in [3.05, 3.63) is 30.1 Å². The van der Waals surface area contributed by atoms with E-state index in [2.05, 4.69) is 29.4 Å². The fourth-order valence-corrected chi connectivity index (χ4v) is 5.07. The van der Waals surface area contributed by atoms with Crippen LogP contribution in [0.5, 0.6) is 0 Å². The highest BCUT2D eigenvalue weighted by Gasteiger charge is 2.29. The van der Waals surface area contributed by atoms with Crippen LogP contribution in [0.25, 0.3) is 0 Å². The number of hydrogen-bond acceptors (Lipinski definition) is 7. The van der Waals surface area contributed by atoms with E-state index in [1.165, 1.54) is 30.4 Å². The summed E-state index contributed by atoms with van der Waals surface area (Å²) in [6.45, 7) is 5.64. The maximum absolute atomic E-state index is 13.1. The molecule has 0 saturated carbocycles. The Morgan fingerprint density at radius 3 is 2.44 bits per heavy atom. The summed E-state index contributed by atoms with van der Waals surface area (Å²) in [6.07, 6.45) is 0.992. The molecule has 7 nitrogen and oxygen atoms in total. The SMILES string of the molecule is CC(C)CSc1nnc(NC(=O)[C@H](C)N(c2ccc(F)cc2)S(C)(=O)=O)s1. The molecular weight excluding hydrogens is 411 g/mol. The molecule has 0 aliphatic carbocycles. The number of halogens is 1. The summed E-state index contributed by atoms with van der Waals surface area (Å²) in [6, 6.07) is 3.85. The van der Waals surface area contributed by atoms with Gasteiger partial charge in [0.05, 0.1) is 11.9 Å². The van der Waals surface area contributed by atoms with Crippen LogP contribution in [0.3, 0.4) is 0 Å². The predicted octanol–water partition coefficient (Wildman–Crippen LogP) is 3.22. The van der Waals surface area contributed by atoms with Crippen molar-refractivity contribution in [2.45, 2.75) is 31.2 Å². The zero-order chi connectivity index (χ0) is 20.2. The number of rotatable bonds is 8. The predicted molar refractivity (Wildman–Crippen MR) is 107 cm³/mol. The van der Waals surface area contributed by atoms with E-state index in [0.29, 0.717) is 11.0 Å². The summed E-state index contributed by atoms with van der Waals surface area (Å²) >= 11 is 2.77. The van der Waals surface area contributed by atoms with Crippen molar-refractivity contribution in [3.63, 3.8) is 0 Å². The van der Waals surface area contributed by atoms with Crippen molar-refractivity contribution in [3.8, 4) is 0 Å². The Bertz CT molecular complexity index is 885. The Labute approximate surface area is 166 Å². The molecule has 0 bridgehead atoms. The van der Waals surface area contributed by atoms with Crippen molar-refractivity contribution in [1.29, 1.82) is 0 Å². The van der Waals surface area contributed by atoms with Gasteiger partial charge in [0.15, 0.2) is 4.34 Å². The third-order valence-electron chi connectivity index (χ3n) is 3.35. The van der Waals surface area contributed by atoms with Crippen molar-refractivity contribution >= 4 is 49.8 Å². The first kappa shape index (κ1) is 21.6. The van der Waals surface area contributed by atoms with Gasteiger partial charge in [-0.25, -0.2) is 12.8 Å². The Hall–Kier alpha value is -1.72. The molecule has 2 aromatic rings. The molecule has 1 N–H and O–H groups in total. The van der Waals surface area contributed by atoms with Crippen molar-refractivity contribution in [2.24, 2.45) is 5.92 Å². The minimum absolute atomic E-state index is 0.201. The Morgan fingerprint density at radius 2 is 1.89 bits per heavy atom. The number of benzene rings is 1. The Balaban J connectivity index is 2.14. The molecule has 0 fully saturated rings. The number of amides is 1. The molecule has 0 radical (unpaired) electrons. The third-order valence-corrected chi connectivity index (χ3v) is 6.99. The molecule has 0 aliphatic rings. The summed E-state index contributed by atoms with van der Waals surface area (Å²) in [7, 11) is -3.77. The molecule has 27 heavy (non-hydrogen) atoms. The number of hydrogen-bond donors (Lipinski definition) is 1. The number of nitrogens with one attached hydrogen (secondary N) is 1. The zero-order valence-electron chi connectivity index (χ0n) is 15.3. The summed E-state index contributed by atoms with van der Waals surface area (Å²) in [5.74, 6) is 0.327. The van der Waals surface area contributed by atoms with E-state index in [4.69, 9.17) is 0 Å². The van der Waals surface area contributed by atoms with Gasteiger partial charge in [-0.3, -0.25) is 14.4 Å². The van der Waals surface area contributed by atoms with Gasteiger partial charge in [0.25, 0.3) is 0 Å². The van der Waals surface area contributed by atoms with Crippen LogP contribution in [0.1, 0.15) is 20.8 Å². The molecule has 1 aromatic heterocycles. The lowest BCUT2D eigenvalue weighted by atomic mass is 10.2. The minimum atomic E-state index is -3.77. The van der Waals surface area contributed by atoms with E-state index in [-0.39, 0.29) is 5.69 Å². The van der Waals surface area contributed by atoms with Gasteiger partial charge in [0, 0.05) is 5.75 Å². The van der Waals surface area contributed by atoms with Crippen LogP contribution >= 0.6 is 23.1 Å². The van der Waals surface area contributed by atoms with E-state index in [9.17, 15) is 17.6 Å². The fourth-order valence-electron chi connectivity index (χ4n) is 2.16. The molecular formula is C16H21FN4O3S3. The number of carbonyl (C=O) groups excluding carboxylic acids is 1. The van der Waals surface area contributed by atoms with E-state index in [1.807, 2.05) is 0 Å². The first-order valence-electron chi connectivity index (χ1n) is 8.10. The number of anilines is 2. The van der Waals surface area contributed by atoms with Crippen LogP contribution in [-0.2, 0) is 14.8 Å². The normalized spacial score (nSPS) is 12.8. The highest BCUT2D eigenvalue weighted by molar-refractivity contribution is 8.01. The second kappa shape index (κ2) is 8.98. The van der Waals surface area contributed by atoms with Crippen LogP contribution in [0.2, 0.25) is 0 Å². The monoisotopic (exact) mass is 432 g/mol. The average molecular weight is 433 g/mol. The lowest BCUT2D eigenvalue weighted by Crippen LogP contribution is -2.45. The highest BCUT2D eigenvalue weighted by atomic mass is 32.2. The third kappa shape index (κ3) is 6.15. The van der Waals surface area contributed by atoms with Gasteiger partial charge >= 0.3 is 0 Å². The van der Waals surface area contributed by atoms with E-state index < -0.39 is 27.8 Å². The van der Waals surface area contributed by atoms with Crippen LogP contribution < -0.4 is 9.62 Å². The van der Waals surface area contributed by atoms with Gasteiger partial charge in [-0.1, -0.05) is 36.9 Å². The Kier molecular flexibility index (Phi) is 7.18. The number of thioether (sulfide) groups is 1. The molecule has 1 amide bonds. The smallest absolute Gasteiger partial charge is 0.249 e. The average Bonchev–Trinajstić information content (AvgIpc) is 3.01. The molecule has 1 aromatic carbocycles. The summed E-state index contributed by atoms with van der Waals surface area (Å²) in [5.41, 5.74) is 0.201. The molecule has 0 aliphatic heterocycles. The van der Waals surface area contributed by atoms with Crippen LogP contribution in [0.15, 0.2) is 28.6 Å². The standard InChI is InChI=1S/C16H21FN4O3S3/c1-10(2)9-25-16-20-19-15(26-16)18-14(22)11(3)21(27(4,23)24)13-7-5-12(17)6-8-13/h5-8,10-11H,9H2,1-4H3,(H,18,19,22)/t11-/m0/s1. The summed E-state index contributed by atoms with van der Waals surface area (Å²) in [5, 5.41) is 10.8. The minimum Gasteiger partial charge on any atom is -0.299 e. The second-order valence-electron chi connectivity index (χ2n) is 6.28.